The third kappa shape index (κ3) is 4.15. The maximum absolute atomic E-state index is 12.5. The number of rotatable bonds is 3. The van der Waals surface area contributed by atoms with E-state index in [2.05, 4.69) is 0 Å². The summed E-state index contributed by atoms with van der Waals surface area (Å²) in [7, 11) is 0. The molecule has 0 radical (unpaired) electrons. The quantitative estimate of drug-likeness (QED) is 0.623. The Morgan fingerprint density at radius 2 is 1.75 bits per heavy atom. The Morgan fingerprint density at radius 3 is 2.19 bits per heavy atom. The van der Waals surface area contributed by atoms with Crippen LogP contribution in [0.3, 0.4) is 0 Å². The molecule has 1 rings (SSSR count). The van der Waals surface area contributed by atoms with E-state index >= 15 is 0 Å². The minimum atomic E-state index is -4.07. The van der Waals surface area contributed by atoms with Gasteiger partial charge in [0.1, 0.15) is 0 Å². The minimum Gasteiger partial charge on any atom is -0.171 e. The van der Waals surface area contributed by atoms with E-state index in [1.165, 1.54) is 0 Å². The van der Waals surface area contributed by atoms with E-state index < -0.39 is 12.6 Å². The summed E-state index contributed by atoms with van der Waals surface area (Å²) in [6.45, 7) is 3.74. The van der Waals surface area contributed by atoms with Crippen LogP contribution in [0.5, 0.6) is 0 Å². The lowest BCUT2D eigenvalue weighted by atomic mass is 9.73. The van der Waals surface area contributed by atoms with E-state index in [0.29, 0.717) is 0 Å². The first-order valence-corrected chi connectivity index (χ1v) is 6.45. The van der Waals surface area contributed by atoms with E-state index in [0.717, 1.165) is 25.7 Å². The third-order valence-electron chi connectivity index (χ3n) is 3.61. The van der Waals surface area contributed by atoms with E-state index in [4.69, 9.17) is 11.6 Å². The average molecular weight is 257 g/mol. The standard InChI is InChI=1S/C12H20ClF3/c1-8(2)10(7-12(14,15)16)9-5-3-4-6-11(9)13/h8-11H,3-7H2,1-2H3. The van der Waals surface area contributed by atoms with Crippen molar-refractivity contribution in [2.24, 2.45) is 17.8 Å². The van der Waals surface area contributed by atoms with Crippen molar-refractivity contribution in [3.05, 3.63) is 0 Å². The van der Waals surface area contributed by atoms with E-state index in [1.54, 1.807) is 0 Å². The Morgan fingerprint density at radius 1 is 1.19 bits per heavy atom. The molecule has 1 aliphatic carbocycles. The zero-order valence-electron chi connectivity index (χ0n) is 9.86. The van der Waals surface area contributed by atoms with Gasteiger partial charge in [-0.05, 0) is 30.6 Å². The van der Waals surface area contributed by atoms with Gasteiger partial charge >= 0.3 is 6.18 Å². The minimum absolute atomic E-state index is 0.0389. The van der Waals surface area contributed by atoms with Crippen LogP contribution >= 0.6 is 11.6 Å². The highest BCUT2D eigenvalue weighted by molar-refractivity contribution is 6.20. The predicted molar refractivity (Wildman–Crippen MR) is 60.6 cm³/mol. The van der Waals surface area contributed by atoms with E-state index in [9.17, 15) is 13.2 Å². The highest BCUT2D eigenvalue weighted by Crippen LogP contribution is 2.42. The van der Waals surface area contributed by atoms with Crippen LogP contribution in [0, 0.1) is 17.8 Å². The molecule has 16 heavy (non-hydrogen) atoms. The fourth-order valence-corrected chi connectivity index (χ4v) is 3.21. The topological polar surface area (TPSA) is 0 Å². The lowest BCUT2D eigenvalue weighted by Gasteiger charge is -2.36. The van der Waals surface area contributed by atoms with E-state index in [-0.39, 0.29) is 23.1 Å². The molecule has 4 heteroatoms. The smallest absolute Gasteiger partial charge is 0.171 e. The van der Waals surface area contributed by atoms with Crippen molar-refractivity contribution in [1.82, 2.24) is 0 Å². The maximum Gasteiger partial charge on any atom is 0.389 e. The van der Waals surface area contributed by atoms with Crippen LogP contribution in [0.1, 0.15) is 46.0 Å². The summed E-state index contributed by atoms with van der Waals surface area (Å²) in [6, 6.07) is 0. The molecule has 1 aliphatic rings. The van der Waals surface area contributed by atoms with Crippen molar-refractivity contribution >= 4 is 11.6 Å². The maximum atomic E-state index is 12.5. The van der Waals surface area contributed by atoms with Crippen LogP contribution < -0.4 is 0 Å². The molecule has 0 N–H and O–H groups in total. The molecule has 96 valence electrons. The van der Waals surface area contributed by atoms with Crippen molar-refractivity contribution in [3.8, 4) is 0 Å². The van der Waals surface area contributed by atoms with Gasteiger partial charge in [-0.15, -0.1) is 11.6 Å². The molecule has 0 aromatic carbocycles. The normalized spacial score (nSPS) is 29.4. The molecular weight excluding hydrogens is 237 g/mol. The fraction of sp³-hybridized carbons (Fsp3) is 1.00. The van der Waals surface area contributed by atoms with Gasteiger partial charge in [-0.3, -0.25) is 0 Å². The average Bonchev–Trinajstić information content (AvgIpc) is 2.13. The zero-order chi connectivity index (χ0) is 12.3. The lowest BCUT2D eigenvalue weighted by molar-refractivity contribution is -0.153. The molecular formula is C12H20ClF3. The van der Waals surface area contributed by atoms with Crippen LogP contribution in [0.25, 0.3) is 0 Å². The summed E-state index contributed by atoms with van der Waals surface area (Å²) >= 11 is 6.18. The van der Waals surface area contributed by atoms with Crippen LogP contribution in [0.15, 0.2) is 0 Å². The summed E-state index contributed by atoms with van der Waals surface area (Å²) < 4.78 is 37.5. The second-order valence-corrected chi connectivity index (χ2v) is 5.75. The van der Waals surface area contributed by atoms with Crippen LogP contribution in [-0.4, -0.2) is 11.6 Å². The molecule has 0 aliphatic heterocycles. The molecule has 3 unspecified atom stereocenters. The molecule has 0 bridgehead atoms. The van der Waals surface area contributed by atoms with Crippen molar-refractivity contribution in [3.63, 3.8) is 0 Å². The predicted octanol–water partition coefficient (Wildman–Crippen LogP) is 5.01. The first-order chi connectivity index (χ1) is 7.31. The Hall–Kier alpha value is 0.0800. The Kier molecular flexibility index (Phi) is 4.96. The molecule has 0 aromatic heterocycles. The molecule has 0 nitrogen and oxygen atoms in total. The summed E-state index contributed by atoms with van der Waals surface area (Å²) in [4.78, 5) is 0. The van der Waals surface area contributed by atoms with Crippen LogP contribution in [-0.2, 0) is 0 Å². The number of hydrogen-bond acceptors (Lipinski definition) is 0. The van der Waals surface area contributed by atoms with E-state index in [1.807, 2.05) is 13.8 Å². The fourth-order valence-electron chi connectivity index (χ4n) is 2.75. The Balaban J connectivity index is 2.68. The Labute approximate surface area is 101 Å². The largest absolute Gasteiger partial charge is 0.389 e. The van der Waals surface area contributed by atoms with Gasteiger partial charge in [0.25, 0.3) is 0 Å². The van der Waals surface area contributed by atoms with Gasteiger partial charge in [-0.25, -0.2) is 0 Å². The zero-order valence-corrected chi connectivity index (χ0v) is 10.6. The number of alkyl halides is 4. The SMILES string of the molecule is CC(C)C(CC(F)(F)F)C1CCCCC1Cl. The van der Waals surface area contributed by atoms with Gasteiger partial charge < -0.3 is 0 Å². The molecule has 1 fully saturated rings. The Bertz CT molecular complexity index is 213. The summed E-state index contributed by atoms with van der Waals surface area (Å²) in [5.41, 5.74) is 0. The number of halogens is 4. The second-order valence-electron chi connectivity index (χ2n) is 5.19. The molecule has 1 saturated carbocycles. The van der Waals surface area contributed by atoms with Gasteiger partial charge in [0.2, 0.25) is 0 Å². The van der Waals surface area contributed by atoms with Gasteiger partial charge in [-0.2, -0.15) is 13.2 Å². The molecule has 0 spiro atoms. The summed E-state index contributed by atoms with van der Waals surface area (Å²) in [5.74, 6) is -0.231. The highest BCUT2D eigenvalue weighted by atomic mass is 35.5. The number of hydrogen-bond donors (Lipinski definition) is 0. The van der Waals surface area contributed by atoms with Crippen LogP contribution in [0.2, 0.25) is 0 Å². The van der Waals surface area contributed by atoms with Crippen molar-refractivity contribution in [1.29, 1.82) is 0 Å². The van der Waals surface area contributed by atoms with Gasteiger partial charge in [0.05, 0.1) is 0 Å². The first-order valence-electron chi connectivity index (χ1n) is 6.02. The van der Waals surface area contributed by atoms with Gasteiger partial charge in [0.15, 0.2) is 0 Å². The molecule has 0 amide bonds. The molecule has 0 heterocycles. The summed E-state index contributed by atoms with van der Waals surface area (Å²) in [6.07, 6.45) is -0.946. The molecule has 0 saturated heterocycles. The second kappa shape index (κ2) is 5.61. The van der Waals surface area contributed by atoms with Gasteiger partial charge in [-0.1, -0.05) is 26.7 Å². The van der Waals surface area contributed by atoms with Crippen molar-refractivity contribution in [2.75, 3.05) is 0 Å². The molecule has 3 atom stereocenters. The lowest BCUT2D eigenvalue weighted by Crippen LogP contribution is -2.33. The van der Waals surface area contributed by atoms with Crippen molar-refractivity contribution < 1.29 is 13.2 Å². The van der Waals surface area contributed by atoms with Crippen molar-refractivity contribution in [2.45, 2.75) is 57.5 Å². The summed E-state index contributed by atoms with van der Waals surface area (Å²) in [5, 5.41) is -0.0662. The third-order valence-corrected chi connectivity index (χ3v) is 4.15. The molecule has 0 aromatic rings. The monoisotopic (exact) mass is 256 g/mol. The highest BCUT2D eigenvalue weighted by Gasteiger charge is 2.40. The van der Waals surface area contributed by atoms with Gasteiger partial charge in [0, 0.05) is 11.8 Å². The van der Waals surface area contributed by atoms with Crippen LogP contribution in [0.4, 0.5) is 13.2 Å². The first kappa shape index (κ1) is 14.1.